The molecule has 1 aromatic heterocycles. The number of nitrogens with one attached hydrogen (secondary N) is 1. The van der Waals surface area contributed by atoms with Gasteiger partial charge in [0, 0.05) is 19.0 Å². The smallest absolute Gasteiger partial charge is 0.207 e. The van der Waals surface area contributed by atoms with Crippen LogP contribution in [0, 0.1) is 20.8 Å². The highest BCUT2D eigenvalue weighted by atomic mass is 16.5. The third-order valence-electron chi connectivity index (χ3n) is 3.50. The Morgan fingerprint density at radius 3 is 2.65 bits per heavy atom. The summed E-state index contributed by atoms with van der Waals surface area (Å²) in [5.74, 6) is 0.857. The molecule has 1 heterocycles. The van der Waals surface area contributed by atoms with Crippen molar-refractivity contribution in [3.05, 3.63) is 41.2 Å². The van der Waals surface area contributed by atoms with Crippen molar-refractivity contribution in [3.63, 3.8) is 0 Å². The standard InChI is InChI=1S/C16H23N3O/c1-11-6-7-15(8-12(11)2)18-16-17-13(3)9-19(16)14(4)10-20-5/h6-9,14H,10H2,1-5H3,(H,17,18). The van der Waals surface area contributed by atoms with Gasteiger partial charge in [0.2, 0.25) is 5.95 Å². The molecule has 4 heteroatoms. The van der Waals surface area contributed by atoms with Gasteiger partial charge in [0.15, 0.2) is 0 Å². The van der Waals surface area contributed by atoms with E-state index in [1.165, 1.54) is 11.1 Å². The zero-order valence-corrected chi connectivity index (χ0v) is 12.9. The number of nitrogens with zero attached hydrogens (tertiary/aromatic N) is 2. The zero-order chi connectivity index (χ0) is 14.7. The van der Waals surface area contributed by atoms with Gasteiger partial charge in [-0.3, -0.25) is 0 Å². The van der Waals surface area contributed by atoms with Gasteiger partial charge in [-0.15, -0.1) is 0 Å². The third kappa shape index (κ3) is 3.20. The highest BCUT2D eigenvalue weighted by Crippen LogP contribution is 2.22. The Bertz CT molecular complexity index is 589. The molecule has 2 rings (SSSR count). The Kier molecular flexibility index (Phi) is 4.45. The lowest BCUT2D eigenvalue weighted by Crippen LogP contribution is -2.12. The number of methoxy groups -OCH3 is 1. The van der Waals surface area contributed by atoms with Crippen molar-refractivity contribution >= 4 is 11.6 Å². The van der Waals surface area contributed by atoms with Crippen LogP contribution >= 0.6 is 0 Å². The SMILES string of the molecule is COCC(C)n1cc(C)nc1Nc1ccc(C)c(C)c1. The summed E-state index contributed by atoms with van der Waals surface area (Å²) >= 11 is 0. The van der Waals surface area contributed by atoms with E-state index in [0.717, 1.165) is 17.3 Å². The molecule has 2 aromatic rings. The molecule has 0 saturated carbocycles. The maximum absolute atomic E-state index is 5.23. The van der Waals surface area contributed by atoms with Crippen LogP contribution in [0.1, 0.15) is 29.8 Å². The number of hydrogen-bond acceptors (Lipinski definition) is 3. The molecule has 1 unspecified atom stereocenters. The predicted octanol–water partition coefficient (Wildman–Crippen LogP) is 3.76. The molecule has 0 amide bonds. The van der Waals surface area contributed by atoms with E-state index in [-0.39, 0.29) is 6.04 Å². The molecule has 1 N–H and O–H groups in total. The summed E-state index contributed by atoms with van der Waals surface area (Å²) in [5, 5.41) is 3.40. The van der Waals surface area contributed by atoms with Crippen LogP contribution in [0.25, 0.3) is 0 Å². The normalized spacial score (nSPS) is 12.4. The quantitative estimate of drug-likeness (QED) is 0.901. The minimum atomic E-state index is 0.246. The van der Waals surface area contributed by atoms with Gasteiger partial charge in [0.1, 0.15) is 0 Å². The van der Waals surface area contributed by atoms with Gasteiger partial charge in [-0.25, -0.2) is 4.98 Å². The van der Waals surface area contributed by atoms with E-state index in [4.69, 9.17) is 4.74 Å². The van der Waals surface area contributed by atoms with Crippen LogP contribution in [0.2, 0.25) is 0 Å². The molecule has 20 heavy (non-hydrogen) atoms. The van der Waals surface area contributed by atoms with Gasteiger partial charge in [0.25, 0.3) is 0 Å². The molecular weight excluding hydrogens is 250 g/mol. The molecule has 108 valence electrons. The van der Waals surface area contributed by atoms with E-state index in [9.17, 15) is 0 Å². The van der Waals surface area contributed by atoms with E-state index >= 15 is 0 Å². The lowest BCUT2D eigenvalue weighted by Gasteiger charge is -2.16. The molecule has 0 aliphatic carbocycles. The zero-order valence-electron chi connectivity index (χ0n) is 12.9. The maximum Gasteiger partial charge on any atom is 0.207 e. The van der Waals surface area contributed by atoms with E-state index < -0.39 is 0 Å². The molecule has 0 fully saturated rings. The molecule has 1 aromatic carbocycles. The summed E-state index contributed by atoms with van der Waals surface area (Å²) in [6, 6.07) is 6.59. The monoisotopic (exact) mass is 273 g/mol. The van der Waals surface area contributed by atoms with E-state index in [1.807, 2.05) is 13.1 Å². The van der Waals surface area contributed by atoms with Crippen molar-refractivity contribution < 1.29 is 4.74 Å². The number of anilines is 2. The highest BCUT2D eigenvalue weighted by Gasteiger charge is 2.12. The molecule has 1 atom stereocenters. The largest absolute Gasteiger partial charge is 0.383 e. The lowest BCUT2D eigenvalue weighted by atomic mass is 10.1. The number of benzene rings is 1. The van der Waals surface area contributed by atoms with Crippen molar-refractivity contribution in [2.45, 2.75) is 33.7 Å². The van der Waals surface area contributed by atoms with Gasteiger partial charge in [-0.05, 0) is 51.0 Å². The first-order valence-corrected chi connectivity index (χ1v) is 6.90. The maximum atomic E-state index is 5.23. The first kappa shape index (κ1) is 14.6. The van der Waals surface area contributed by atoms with Gasteiger partial charge in [0.05, 0.1) is 18.3 Å². The summed E-state index contributed by atoms with van der Waals surface area (Å²) in [5.41, 5.74) is 4.63. The molecule has 0 bridgehead atoms. The number of rotatable bonds is 5. The van der Waals surface area contributed by atoms with E-state index in [1.54, 1.807) is 7.11 Å². The molecule has 0 aliphatic rings. The van der Waals surface area contributed by atoms with Crippen LogP contribution in [0.4, 0.5) is 11.6 Å². The molecule has 4 nitrogen and oxygen atoms in total. The second-order valence-electron chi connectivity index (χ2n) is 5.34. The van der Waals surface area contributed by atoms with Gasteiger partial charge in [-0.2, -0.15) is 0 Å². The van der Waals surface area contributed by atoms with E-state index in [0.29, 0.717) is 6.61 Å². The summed E-state index contributed by atoms with van der Waals surface area (Å²) in [6.07, 6.45) is 2.05. The fraction of sp³-hybridized carbons (Fsp3) is 0.438. The van der Waals surface area contributed by atoms with Crippen LogP contribution in [-0.4, -0.2) is 23.3 Å². The van der Waals surface area contributed by atoms with Crippen LogP contribution in [0.15, 0.2) is 24.4 Å². The van der Waals surface area contributed by atoms with Crippen molar-refractivity contribution in [2.24, 2.45) is 0 Å². The average Bonchev–Trinajstić information content (AvgIpc) is 2.75. The minimum Gasteiger partial charge on any atom is -0.383 e. The molecule has 0 radical (unpaired) electrons. The van der Waals surface area contributed by atoms with Crippen molar-refractivity contribution in [1.82, 2.24) is 9.55 Å². The van der Waals surface area contributed by atoms with Crippen molar-refractivity contribution in [3.8, 4) is 0 Å². The Balaban J connectivity index is 2.26. The van der Waals surface area contributed by atoms with Crippen LogP contribution in [0.3, 0.4) is 0 Å². The Hall–Kier alpha value is -1.81. The predicted molar refractivity (Wildman–Crippen MR) is 82.7 cm³/mol. The van der Waals surface area contributed by atoms with Crippen molar-refractivity contribution in [2.75, 3.05) is 19.0 Å². The molecule has 0 saturated heterocycles. The number of hydrogen-bond donors (Lipinski definition) is 1. The lowest BCUT2D eigenvalue weighted by molar-refractivity contribution is 0.163. The fourth-order valence-corrected chi connectivity index (χ4v) is 2.21. The Morgan fingerprint density at radius 2 is 2.00 bits per heavy atom. The van der Waals surface area contributed by atoms with Crippen LogP contribution in [0.5, 0.6) is 0 Å². The average molecular weight is 273 g/mol. The summed E-state index contributed by atoms with van der Waals surface area (Å²) in [6.45, 7) is 9.02. The van der Waals surface area contributed by atoms with Gasteiger partial charge < -0.3 is 14.6 Å². The second-order valence-corrected chi connectivity index (χ2v) is 5.34. The summed E-state index contributed by atoms with van der Waals surface area (Å²) < 4.78 is 7.35. The first-order chi connectivity index (χ1) is 9.51. The summed E-state index contributed by atoms with van der Waals surface area (Å²) in [4.78, 5) is 4.56. The van der Waals surface area contributed by atoms with Crippen LogP contribution in [-0.2, 0) is 4.74 Å². The second kappa shape index (κ2) is 6.09. The Morgan fingerprint density at radius 1 is 1.25 bits per heavy atom. The number of aryl methyl sites for hydroxylation is 3. The first-order valence-electron chi connectivity index (χ1n) is 6.90. The minimum absolute atomic E-state index is 0.246. The fourth-order valence-electron chi connectivity index (χ4n) is 2.21. The summed E-state index contributed by atoms with van der Waals surface area (Å²) in [7, 11) is 1.72. The van der Waals surface area contributed by atoms with Gasteiger partial charge in [-0.1, -0.05) is 6.07 Å². The third-order valence-corrected chi connectivity index (χ3v) is 3.50. The van der Waals surface area contributed by atoms with E-state index in [2.05, 4.69) is 53.8 Å². The molecular formula is C16H23N3O. The topological polar surface area (TPSA) is 39.1 Å². The number of imidazole rings is 1. The van der Waals surface area contributed by atoms with Crippen molar-refractivity contribution in [1.29, 1.82) is 0 Å². The van der Waals surface area contributed by atoms with Crippen LogP contribution < -0.4 is 5.32 Å². The van der Waals surface area contributed by atoms with Gasteiger partial charge >= 0.3 is 0 Å². The number of aromatic nitrogens is 2. The number of ether oxygens (including phenoxy) is 1. The highest BCUT2D eigenvalue weighted by molar-refractivity contribution is 5.56. The molecule has 0 aliphatic heterocycles. The molecule has 0 spiro atoms. The Labute approximate surface area is 120 Å².